The Hall–Kier alpha value is -0.470. The van der Waals surface area contributed by atoms with E-state index < -0.39 is 0 Å². The maximum Gasteiger partial charge on any atom is 0.0292 e. The zero-order valence-electron chi connectivity index (χ0n) is 12.4. The third-order valence-electron chi connectivity index (χ3n) is 3.24. The van der Waals surface area contributed by atoms with Crippen LogP contribution < -0.4 is 5.32 Å². The van der Waals surface area contributed by atoms with Crippen LogP contribution in [0.4, 0.5) is 0 Å². The van der Waals surface area contributed by atoms with E-state index in [1.807, 2.05) is 11.8 Å². The molecule has 0 aromatic heterocycles. The molecule has 1 rings (SSSR count). The first-order valence-electron chi connectivity index (χ1n) is 6.88. The molecule has 0 bridgehead atoms. The lowest BCUT2D eigenvalue weighted by Gasteiger charge is -2.17. The van der Waals surface area contributed by atoms with E-state index in [4.69, 9.17) is 0 Å². The van der Waals surface area contributed by atoms with Crippen LogP contribution in [0.3, 0.4) is 0 Å². The minimum atomic E-state index is 0.438. The summed E-state index contributed by atoms with van der Waals surface area (Å²) < 4.78 is 0. The fourth-order valence-corrected chi connectivity index (χ4v) is 2.22. The van der Waals surface area contributed by atoms with Gasteiger partial charge in [0, 0.05) is 17.8 Å². The van der Waals surface area contributed by atoms with Gasteiger partial charge in [-0.3, -0.25) is 0 Å². The van der Waals surface area contributed by atoms with Gasteiger partial charge in [0.2, 0.25) is 0 Å². The number of hydrogen-bond donors (Lipinski definition) is 1. The standard InChI is InChI=1S/C16H27NS/c1-12(2)10-15-6-8-16(9-7-15)14(4)17-11-13(3)18-5/h6-9,12-14,17H,10-11H2,1-5H3. The van der Waals surface area contributed by atoms with Crippen LogP contribution in [0.2, 0.25) is 0 Å². The molecular weight excluding hydrogens is 238 g/mol. The highest BCUT2D eigenvalue weighted by atomic mass is 32.2. The van der Waals surface area contributed by atoms with Crippen molar-refractivity contribution in [3.63, 3.8) is 0 Å². The first-order valence-corrected chi connectivity index (χ1v) is 8.16. The number of rotatable bonds is 7. The molecule has 0 amide bonds. The minimum absolute atomic E-state index is 0.438. The van der Waals surface area contributed by atoms with Crippen LogP contribution in [0, 0.1) is 5.92 Å². The van der Waals surface area contributed by atoms with Gasteiger partial charge in [-0.15, -0.1) is 0 Å². The lowest BCUT2D eigenvalue weighted by Crippen LogP contribution is -2.25. The Morgan fingerprint density at radius 2 is 1.67 bits per heavy atom. The summed E-state index contributed by atoms with van der Waals surface area (Å²) in [4.78, 5) is 0. The second-order valence-corrected chi connectivity index (χ2v) is 6.79. The van der Waals surface area contributed by atoms with Gasteiger partial charge in [0.25, 0.3) is 0 Å². The number of hydrogen-bond acceptors (Lipinski definition) is 2. The highest BCUT2D eigenvalue weighted by Crippen LogP contribution is 2.16. The zero-order valence-corrected chi connectivity index (χ0v) is 13.2. The van der Waals surface area contributed by atoms with Crippen LogP contribution in [-0.2, 0) is 6.42 Å². The highest BCUT2D eigenvalue weighted by Gasteiger charge is 2.07. The van der Waals surface area contributed by atoms with Crippen molar-refractivity contribution in [1.82, 2.24) is 5.32 Å². The fourth-order valence-electron chi connectivity index (χ4n) is 1.96. The van der Waals surface area contributed by atoms with Crippen molar-refractivity contribution < 1.29 is 0 Å². The maximum atomic E-state index is 3.59. The Morgan fingerprint density at radius 1 is 1.06 bits per heavy atom. The molecule has 18 heavy (non-hydrogen) atoms. The van der Waals surface area contributed by atoms with E-state index in [2.05, 4.69) is 63.5 Å². The fraction of sp³-hybridized carbons (Fsp3) is 0.625. The largest absolute Gasteiger partial charge is 0.309 e. The van der Waals surface area contributed by atoms with Gasteiger partial charge in [-0.2, -0.15) is 11.8 Å². The van der Waals surface area contributed by atoms with Crippen LogP contribution in [0.15, 0.2) is 24.3 Å². The van der Waals surface area contributed by atoms with E-state index in [9.17, 15) is 0 Å². The van der Waals surface area contributed by atoms with Crippen molar-refractivity contribution in [2.45, 2.75) is 45.4 Å². The molecule has 0 saturated heterocycles. The average molecular weight is 265 g/mol. The summed E-state index contributed by atoms with van der Waals surface area (Å²) in [5, 5.41) is 4.26. The molecule has 2 heteroatoms. The predicted octanol–water partition coefficient (Wildman–Crippen LogP) is 4.29. The maximum absolute atomic E-state index is 3.59. The molecule has 0 spiro atoms. The minimum Gasteiger partial charge on any atom is -0.309 e. The van der Waals surface area contributed by atoms with Crippen molar-refractivity contribution in [2.75, 3.05) is 12.8 Å². The normalized spacial score (nSPS) is 14.8. The van der Waals surface area contributed by atoms with E-state index in [1.54, 1.807) is 0 Å². The van der Waals surface area contributed by atoms with Crippen LogP contribution in [0.1, 0.15) is 44.9 Å². The van der Waals surface area contributed by atoms with Gasteiger partial charge in [-0.1, -0.05) is 45.0 Å². The van der Waals surface area contributed by atoms with Crippen molar-refractivity contribution >= 4 is 11.8 Å². The molecule has 0 aliphatic rings. The number of nitrogens with one attached hydrogen (secondary N) is 1. The quantitative estimate of drug-likeness (QED) is 0.789. The first-order chi connectivity index (χ1) is 8.52. The van der Waals surface area contributed by atoms with Crippen LogP contribution in [0.5, 0.6) is 0 Å². The van der Waals surface area contributed by atoms with Crippen molar-refractivity contribution in [3.8, 4) is 0 Å². The molecule has 0 saturated carbocycles. The van der Waals surface area contributed by atoms with Gasteiger partial charge in [0.05, 0.1) is 0 Å². The molecule has 2 unspecified atom stereocenters. The summed E-state index contributed by atoms with van der Waals surface area (Å²) in [7, 11) is 0. The van der Waals surface area contributed by atoms with Gasteiger partial charge in [-0.05, 0) is 36.6 Å². The van der Waals surface area contributed by atoms with Crippen LogP contribution in [0.25, 0.3) is 0 Å². The van der Waals surface area contributed by atoms with Gasteiger partial charge >= 0.3 is 0 Å². The van der Waals surface area contributed by atoms with Gasteiger partial charge < -0.3 is 5.32 Å². The molecule has 1 aromatic rings. The summed E-state index contributed by atoms with van der Waals surface area (Å²) in [6, 6.07) is 9.50. The topological polar surface area (TPSA) is 12.0 Å². The van der Waals surface area contributed by atoms with Gasteiger partial charge in [-0.25, -0.2) is 0 Å². The average Bonchev–Trinajstić information content (AvgIpc) is 2.35. The monoisotopic (exact) mass is 265 g/mol. The molecule has 2 atom stereocenters. The zero-order chi connectivity index (χ0) is 13.5. The summed E-state index contributed by atoms with van der Waals surface area (Å²) in [6.07, 6.45) is 3.34. The Bertz CT molecular complexity index is 331. The predicted molar refractivity (Wildman–Crippen MR) is 84.4 cm³/mol. The lowest BCUT2D eigenvalue weighted by atomic mass is 10.00. The first kappa shape index (κ1) is 15.6. The van der Waals surface area contributed by atoms with Crippen LogP contribution in [-0.4, -0.2) is 18.1 Å². The highest BCUT2D eigenvalue weighted by molar-refractivity contribution is 7.99. The van der Waals surface area contributed by atoms with E-state index >= 15 is 0 Å². The molecule has 1 nitrogen and oxygen atoms in total. The molecule has 0 heterocycles. The van der Waals surface area contributed by atoms with E-state index in [0.717, 1.165) is 12.5 Å². The Morgan fingerprint density at radius 3 is 2.17 bits per heavy atom. The van der Waals surface area contributed by atoms with E-state index in [1.165, 1.54) is 17.5 Å². The van der Waals surface area contributed by atoms with Crippen molar-refractivity contribution in [3.05, 3.63) is 35.4 Å². The van der Waals surface area contributed by atoms with Gasteiger partial charge in [0.1, 0.15) is 0 Å². The Balaban J connectivity index is 2.50. The number of thioether (sulfide) groups is 1. The van der Waals surface area contributed by atoms with Crippen molar-refractivity contribution in [2.24, 2.45) is 5.92 Å². The summed E-state index contributed by atoms with van der Waals surface area (Å²) >= 11 is 1.91. The Labute approximate surface area is 117 Å². The van der Waals surface area contributed by atoms with Crippen LogP contribution >= 0.6 is 11.8 Å². The second-order valence-electron chi connectivity index (χ2n) is 5.52. The molecule has 0 radical (unpaired) electrons. The smallest absolute Gasteiger partial charge is 0.0292 e. The lowest BCUT2D eigenvalue weighted by molar-refractivity contribution is 0.575. The molecule has 1 N–H and O–H groups in total. The van der Waals surface area contributed by atoms with Gasteiger partial charge in [0.15, 0.2) is 0 Å². The summed E-state index contributed by atoms with van der Waals surface area (Å²) in [6.45, 7) is 10.1. The van der Waals surface area contributed by atoms with Crippen molar-refractivity contribution in [1.29, 1.82) is 0 Å². The number of benzene rings is 1. The second kappa shape index (κ2) is 7.85. The van der Waals surface area contributed by atoms with E-state index in [0.29, 0.717) is 11.3 Å². The Kier molecular flexibility index (Phi) is 6.80. The summed E-state index contributed by atoms with van der Waals surface area (Å²) in [5.74, 6) is 0.730. The third kappa shape index (κ3) is 5.45. The molecular formula is C16H27NS. The van der Waals surface area contributed by atoms with E-state index in [-0.39, 0.29) is 0 Å². The molecule has 1 aromatic carbocycles. The molecule has 0 aliphatic carbocycles. The summed E-state index contributed by atoms with van der Waals surface area (Å²) in [5.41, 5.74) is 2.83. The molecule has 0 aliphatic heterocycles. The molecule has 0 fully saturated rings. The third-order valence-corrected chi connectivity index (χ3v) is 4.21. The SMILES string of the molecule is CSC(C)CNC(C)c1ccc(CC(C)C)cc1. The molecule has 102 valence electrons.